The lowest BCUT2D eigenvalue weighted by Gasteiger charge is -2.26. The van der Waals surface area contributed by atoms with Gasteiger partial charge in [-0.3, -0.25) is 15.1 Å². The fourth-order valence-electron chi connectivity index (χ4n) is 5.46. The van der Waals surface area contributed by atoms with E-state index in [4.69, 9.17) is 26.1 Å². The lowest BCUT2D eigenvalue weighted by Crippen LogP contribution is -2.29. The first-order chi connectivity index (χ1) is 19.5. The number of non-ortho nitro benzene ring substituents is 1. The molecule has 1 aliphatic heterocycles. The Morgan fingerprint density at radius 3 is 2.58 bits per heavy atom. The number of hydrogen-bond acceptors (Lipinski definition) is 7. The molecule has 2 aliphatic rings. The second kappa shape index (κ2) is 11.0. The Balaban J connectivity index is 1.36. The molecule has 40 heavy (non-hydrogen) atoms. The highest BCUT2D eigenvalue weighted by Crippen LogP contribution is 2.44. The first-order valence-corrected chi connectivity index (χ1v) is 13.6. The highest BCUT2D eigenvalue weighted by Gasteiger charge is 2.42. The molecule has 1 saturated heterocycles. The summed E-state index contributed by atoms with van der Waals surface area (Å²) < 4.78 is 18.0. The molecule has 0 bridgehead atoms. The zero-order chi connectivity index (χ0) is 27.6. The molecule has 1 aliphatic carbocycles. The van der Waals surface area contributed by atoms with Gasteiger partial charge >= 0.3 is 0 Å². The quantitative estimate of drug-likeness (QED) is 0.143. The first kappa shape index (κ1) is 25.8. The number of pyridine rings is 1. The average molecular weight is 557 g/mol. The molecule has 2 atom stereocenters. The molecule has 0 unspecified atom stereocenters. The van der Waals surface area contributed by atoms with E-state index in [1.54, 1.807) is 12.3 Å². The summed E-state index contributed by atoms with van der Waals surface area (Å²) in [6.07, 6.45) is 6.64. The third-order valence-corrected chi connectivity index (χ3v) is 7.71. The molecule has 2 aromatic carbocycles. The van der Waals surface area contributed by atoms with Gasteiger partial charge in [-0.1, -0.05) is 6.07 Å². The van der Waals surface area contributed by atoms with Crippen molar-refractivity contribution in [2.75, 3.05) is 12.0 Å². The van der Waals surface area contributed by atoms with Gasteiger partial charge in [0.15, 0.2) is 5.11 Å². The molecule has 4 aromatic rings. The van der Waals surface area contributed by atoms with Crippen LogP contribution in [0.15, 0.2) is 83.4 Å². The lowest BCUT2D eigenvalue weighted by molar-refractivity contribution is -0.384. The number of rotatable bonds is 8. The zero-order valence-corrected chi connectivity index (χ0v) is 22.7. The molecule has 10 heteroatoms. The number of methoxy groups -OCH3 is 1. The van der Waals surface area contributed by atoms with Crippen molar-refractivity contribution in [1.29, 1.82) is 0 Å². The van der Waals surface area contributed by atoms with Gasteiger partial charge in [-0.25, -0.2) is 0 Å². The van der Waals surface area contributed by atoms with Crippen LogP contribution in [-0.4, -0.2) is 28.2 Å². The Bertz CT molecular complexity index is 1520. The molecular weight excluding hydrogens is 528 g/mol. The summed E-state index contributed by atoms with van der Waals surface area (Å²) in [6.45, 7) is 0. The van der Waals surface area contributed by atoms with Crippen LogP contribution >= 0.6 is 12.2 Å². The second-order valence-electron chi connectivity index (χ2n) is 9.86. The molecule has 0 amide bonds. The third kappa shape index (κ3) is 4.98. The maximum absolute atomic E-state index is 11.3. The second-order valence-corrected chi connectivity index (χ2v) is 10.2. The Hall–Kier alpha value is -4.44. The van der Waals surface area contributed by atoms with E-state index in [1.165, 1.54) is 32.1 Å². The Morgan fingerprint density at radius 2 is 1.88 bits per heavy atom. The maximum atomic E-state index is 11.3. The van der Waals surface area contributed by atoms with Crippen LogP contribution in [0.25, 0.3) is 11.3 Å². The van der Waals surface area contributed by atoms with E-state index in [-0.39, 0.29) is 23.9 Å². The molecule has 2 aromatic heterocycles. The molecule has 204 valence electrons. The van der Waals surface area contributed by atoms with E-state index in [9.17, 15) is 10.1 Å². The van der Waals surface area contributed by atoms with Crippen molar-refractivity contribution in [2.24, 2.45) is 0 Å². The standard InChI is InChI=1S/C30H28N4O5S/c1-37-27-18-20(34(35)36)11-14-23(27)25-15-16-26(39-25)29-28(24-8-4-5-17-31-24)32-30(40)33(29)19-9-12-22(13-10-19)38-21-6-2-3-7-21/h4-5,8-18,21,28-29H,2-3,6-7H2,1H3,(H,32,40)/t28-,29+/m0/s1. The van der Waals surface area contributed by atoms with E-state index in [0.29, 0.717) is 27.9 Å². The third-order valence-electron chi connectivity index (χ3n) is 7.40. The maximum Gasteiger partial charge on any atom is 0.273 e. The summed E-state index contributed by atoms with van der Waals surface area (Å²) in [7, 11) is 1.48. The molecule has 0 spiro atoms. The van der Waals surface area contributed by atoms with Gasteiger partial charge in [0, 0.05) is 18.0 Å². The number of nitro groups is 1. The summed E-state index contributed by atoms with van der Waals surface area (Å²) in [5, 5.41) is 15.3. The average Bonchev–Trinajstić information content (AvgIpc) is 3.74. The summed E-state index contributed by atoms with van der Waals surface area (Å²) >= 11 is 5.83. The van der Waals surface area contributed by atoms with E-state index >= 15 is 0 Å². The van der Waals surface area contributed by atoms with Gasteiger partial charge in [-0.2, -0.15) is 0 Å². The fraction of sp³-hybridized carbons (Fsp3) is 0.267. The Morgan fingerprint density at radius 1 is 1.07 bits per heavy atom. The van der Waals surface area contributed by atoms with Gasteiger partial charge in [0.05, 0.1) is 41.5 Å². The molecule has 1 saturated carbocycles. The van der Waals surface area contributed by atoms with Crippen LogP contribution < -0.4 is 19.7 Å². The summed E-state index contributed by atoms with van der Waals surface area (Å²) in [5.41, 5.74) is 2.27. The number of hydrogen-bond donors (Lipinski definition) is 1. The predicted molar refractivity (Wildman–Crippen MR) is 155 cm³/mol. The first-order valence-electron chi connectivity index (χ1n) is 13.2. The van der Waals surface area contributed by atoms with Crippen molar-refractivity contribution in [1.82, 2.24) is 10.3 Å². The molecule has 9 nitrogen and oxygen atoms in total. The lowest BCUT2D eigenvalue weighted by atomic mass is 10.0. The van der Waals surface area contributed by atoms with Crippen LogP contribution in [0.2, 0.25) is 0 Å². The summed E-state index contributed by atoms with van der Waals surface area (Å²) in [6, 6.07) is 21.3. The van der Waals surface area contributed by atoms with E-state index in [0.717, 1.165) is 30.0 Å². The largest absolute Gasteiger partial charge is 0.496 e. The number of ether oxygens (including phenoxy) is 2. The molecule has 3 heterocycles. The van der Waals surface area contributed by atoms with Crippen molar-refractivity contribution >= 4 is 28.7 Å². The Labute approximate surface area is 236 Å². The molecule has 1 N–H and O–H groups in total. The SMILES string of the molecule is COc1cc([N+](=O)[O-])ccc1-c1ccc([C@@H]2[C@H](c3ccccn3)NC(=S)N2c2ccc(OC3CCCC3)cc2)o1. The molecule has 0 radical (unpaired) electrons. The van der Waals surface area contributed by atoms with Crippen LogP contribution in [0.3, 0.4) is 0 Å². The van der Waals surface area contributed by atoms with Crippen molar-refractivity contribution in [3.8, 4) is 22.8 Å². The predicted octanol–water partition coefficient (Wildman–Crippen LogP) is 6.76. The van der Waals surface area contributed by atoms with Gasteiger partial charge < -0.3 is 24.1 Å². The smallest absolute Gasteiger partial charge is 0.273 e. The Kier molecular flexibility index (Phi) is 7.08. The van der Waals surface area contributed by atoms with E-state index < -0.39 is 4.92 Å². The van der Waals surface area contributed by atoms with Crippen molar-refractivity contribution in [3.05, 3.63) is 101 Å². The number of benzene rings is 2. The van der Waals surface area contributed by atoms with E-state index in [2.05, 4.69) is 10.3 Å². The number of nitrogens with one attached hydrogen (secondary N) is 1. The minimum atomic E-state index is -0.454. The number of aromatic nitrogens is 1. The minimum absolute atomic E-state index is 0.0560. The van der Waals surface area contributed by atoms with Crippen LogP contribution in [-0.2, 0) is 0 Å². The van der Waals surface area contributed by atoms with Crippen molar-refractivity contribution in [2.45, 2.75) is 43.9 Å². The minimum Gasteiger partial charge on any atom is -0.496 e. The van der Waals surface area contributed by atoms with Gasteiger partial charge in [0.25, 0.3) is 5.69 Å². The summed E-state index contributed by atoms with van der Waals surface area (Å²) in [5.74, 6) is 2.38. The number of furan rings is 1. The fourth-order valence-corrected chi connectivity index (χ4v) is 5.81. The molecule has 6 rings (SSSR count). The van der Waals surface area contributed by atoms with Gasteiger partial charge in [-0.05, 0) is 92.5 Å². The number of nitrogens with zero attached hydrogens (tertiary/aromatic N) is 3. The van der Waals surface area contributed by atoms with Crippen LogP contribution in [0.4, 0.5) is 11.4 Å². The monoisotopic (exact) mass is 556 g/mol. The van der Waals surface area contributed by atoms with Crippen LogP contribution in [0.1, 0.15) is 49.2 Å². The highest BCUT2D eigenvalue weighted by molar-refractivity contribution is 7.80. The molecular formula is C30H28N4O5S. The van der Waals surface area contributed by atoms with Crippen LogP contribution in [0.5, 0.6) is 11.5 Å². The normalized spacial score (nSPS) is 19.0. The number of nitro benzene ring substituents is 1. The van der Waals surface area contributed by atoms with Gasteiger partial charge in [-0.15, -0.1) is 0 Å². The number of anilines is 1. The highest BCUT2D eigenvalue weighted by atomic mass is 32.1. The topological polar surface area (TPSA) is 103 Å². The van der Waals surface area contributed by atoms with Crippen molar-refractivity contribution < 1.29 is 18.8 Å². The van der Waals surface area contributed by atoms with E-state index in [1.807, 2.05) is 59.5 Å². The van der Waals surface area contributed by atoms with Gasteiger partial charge in [0.1, 0.15) is 29.1 Å². The van der Waals surface area contributed by atoms with Crippen LogP contribution in [0, 0.1) is 10.1 Å². The van der Waals surface area contributed by atoms with Gasteiger partial charge in [0.2, 0.25) is 0 Å². The number of thiocarbonyl (C=S) groups is 1. The summed E-state index contributed by atoms with van der Waals surface area (Å²) in [4.78, 5) is 17.4. The zero-order valence-electron chi connectivity index (χ0n) is 21.9. The molecule has 2 fully saturated rings. The van der Waals surface area contributed by atoms with Crippen molar-refractivity contribution in [3.63, 3.8) is 0 Å².